The van der Waals surface area contributed by atoms with Crippen molar-refractivity contribution in [2.75, 3.05) is 26.9 Å². The first-order valence-corrected chi connectivity index (χ1v) is 7.06. The highest BCUT2D eigenvalue weighted by atomic mass is 35.5. The third-order valence-corrected chi connectivity index (χ3v) is 4.37. The van der Waals surface area contributed by atoms with Crippen LogP contribution in [0.3, 0.4) is 0 Å². The number of nitrogens with one attached hydrogen (secondary N) is 1. The van der Waals surface area contributed by atoms with Gasteiger partial charge in [0.2, 0.25) is 0 Å². The topological polar surface area (TPSA) is 54.2 Å². The summed E-state index contributed by atoms with van der Waals surface area (Å²) in [5, 5.41) is 4.01. The van der Waals surface area contributed by atoms with Gasteiger partial charge < -0.3 is 16.0 Å². The van der Waals surface area contributed by atoms with Gasteiger partial charge in [0.25, 0.3) is 0 Å². The monoisotopic (exact) mass is 284 g/mol. The Morgan fingerprint density at radius 1 is 1.42 bits per heavy atom. The summed E-state index contributed by atoms with van der Waals surface area (Å²) in [6.45, 7) is 4.39. The molecule has 0 fully saturated rings. The van der Waals surface area contributed by atoms with Gasteiger partial charge in [-0.3, -0.25) is 0 Å². The molecule has 5 heteroatoms. The van der Waals surface area contributed by atoms with E-state index in [4.69, 9.17) is 17.3 Å². The fraction of sp³-hybridized carbons (Fsp3) is 0.643. The van der Waals surface area contributed by atoms with Gasteiger partial charge in [-0.05, 0) is 40.1 Å². The molecule has 0 radical (unpaired) electrons. The van der Waals surface area contributed by atoms with Crippen LogP contribution in [0.2, 0.25) is 5.02 Å². The summed E-state index contributed by atoms with van der Waals surface area (Å²) in [7, 11) is 6.16. The smallest absolute Gasteiger partial charge is 0.128 e. The summed E-state index contributed by atoms with van der Waals surface area (Å²) in [5.41, 5.74) is 6.99. The molecule has 1 unspecified atom stereocenters. The number of nitrogens with zero attached hydrogens (tertiary/aromatic N) is 2. The molecule has 0 aliphatic rings. The molecule has 0 aromatic carbocycles. The molecule has 4 nitrogen and oxygen atoms in total. The first-order valence-electron chi connectivity index (χ1n) is 6.68. The minimum atomic E-state index is -0.0186. The molecule has 0 bridgehead atoms. The van der Waals surface area contributed by atoms with E-state index >= 15 is 0 Å². The summed E-state index contributed by atoms with van der Waals surface area (Å²) in [5.74, 6) is 0.539. The lowest BCUT2D eigenvalue weighted by Crippen LogP contribution is -2.52. The molecule has 1 aromatic heterocycles. The zero-order valence-corrected chi connectivity index (χ0v) is 13.3. The number of pyridine rings is 1. The van der Waals surface area contributed by atoms with Crippen LogP contribution in [0.25, 0.3) is 0 Å². The van der Waals surface area contributed by atoms with Crippen LogP contribution >= 0.6 is 11.6 Å². The second-order valence-electron chi connectivity index (χ2n) is 5.05. The number of rotatable bonds is 6. The van der Waals surface area contributed by atoms with Gasteiger partial charge in [-0.2, -0.15) is 0 Å². The third-order valence-electron chi connectivity index (χ3n) is 4.17. The van der Waals surface area contributed by atoms with E-state index in [0.29, 0.717) is 10.8 Å². The van der Waals surface area contributed by atoms with Gasteiger partial charge in [-0.1, -0.05) is 25.4 Å². The maximum Gasteiger partial charge on any atom is 0.128 e. The standard InChI is InChI=1S/C14H25ClN4/c1-6-14(7-2,19(4)5)12(17-3)11-8-10(15)9-18-13(11)16/h8-9,12,17H,6-7H2,1-5H3,(H2,16,18). The minimum Gasteiger partial charge on any atom is -0.383 e. The van der Waals surface area contributed by atoms with Crippen molar-refractivity contribution in [2.45, 2.75) is 38.3 Å². The third kappa shape index (κ3) is 3.02. The van der Waals surface area contributed by atoms with E-state index < -0.39 is 0 Å². The van der Waals surface area contributed by atoms with E-state index in [0.717, 1.165) is 18.4 Å². The van der Waals surface area contributed by atoms with E-state index in [9.17, 15) is 0 Å². The Morgan fingerprint density at radius 2 is 2.00 bits per heavy atom. The number of aromatic nitrogens is 1. The molecule has 0 saturated carbocycles. The lowest BCUT2D eigenvalue weighted by molar-refractivity contribution is 0.0919. The van der Waals surface area contributed by atoms with Crippen LogP contribution in [0.5, 0.6) is 0 Å². The molecule has 0 aliphatic heterocycles. The Kier molecular flexibility index (Phi) is 5.59. The molecule has 0 spiro atoms. The summed E-state index contributed by atoms with van der Waals surface area (Å²) < 4.78 is 0. The van der Waals surface area contributed by atoms with Gasteiger partial charge in [0.1, 0.15) is 5.82 Å². The van der Waals surface area contributed by atoms with Gasteiger partial charge in [0.15, 0.2) is 0 Å². The SMILES string of the molecule is CCC(CC)(C(NC)c1cc(Cl)cnc1N)N(C)C. The summed E-state index contributed by atoms with van der Waals surface area (Å²) in [4.78, 5) is 6.43. The van der Waals surface area contributed by atoms with E-state index in [2.05, 4.69) is 43.1 Å². The average molecular weight is 285 g/mol. The number of hydrogen-bond acceptors (Lipinski definition) is 4. The van der Waals surface area contributed by atoms with Gasteiger partial charge in [0.05, 0.1) is 11.1 Å². The molecule has 0 aliphatic carbocycles. The highest BCUT2D eigenvalue weighted by molar-refractivity contribution is 6.30. The van der Waals surface area contributed by atoms with Crippen molar-refractivity contribution in [3.8, 4) is 0 Å². The van der Waals surface area contributed by atoms with Crippen molar-refractivity contribution in [3.63, 3.8) is 0 Å². The number of halogens is 1. The minimum absolute atomic E-state index is 0.0186. The van der Waals surface area contributed by atoms with Crippen LogP contribution in [-0.4, -0.2) is 36.6 Å². The molecule has 1 heterocycles. The molecule has 1 rings (SSSR count). The fourth-order valence-corrected chi connectivity index (χ4v) is 3.13. The normalized spacial score (nSPS) is 13.8. The Hall–Kier alpha value is -0.840. The lowest BCUT2D eigenvalue weighted by atomic mass is 9.79. The largest absolute Gasteiger partial charge is 0.383 e. The van der Waals surface area contributed by atoms with Gasteiger partial charge in [-0.25, -0.2) is 4.98 Å². The van der Waals surface area contributed by atoms with Crippen LogP contribution in [-0.2, 0) is 0 Å². The van der Waals surface area contributed by atoms with E-state index in [1.807, 2.05) is 13.1 Å². The molecule has 1 atom stereocenters. The molecule has 0 amide bonds. The molecule has 1 aromatic rings. The Labute approximate surface area is 121 Å². The highest BCUT2D eigenvalue weighted by Gasteiger charge is 2.39. The van der Waals surface area contributed by atoms with Crippen LogP contribution in [0.15, 0.2) is 12.3 Å². The second-order valence-corrected chi connectivity index (χ2v) is 5.49. The fourth-order valence-electron chi connectivity index (χ4n) is 2.96. The van der Waals surface area contributed by atoms with Gasteiger partial charge in [-0.15, -0.1) is 0 Å². The number of likely N-dealkylation sites (N-methyl/N-ethyl adjacent to an activating group) is 2. The molecular weight excluding hydrogens is 260 g/mol. The zero-order valence-electron chi connectivity index (χ0n) is 12.5. The Morgan fingerprint density at radius 3 is 2.42 bits per heavy atom. The average Bonchev–Trinajstić information content (AvgIpc) is 2.39. The number of hydrogen-bond donors (Lipinski definition) is 2. The molecule has 0 saturated heterocycles. The van der Waals surface area contributed by atoms with Crippen molar-refractivity contribution in [3.05, 3.63) is 22.8 Å². The van der Waals surface area contributed by atoms with E-state index in [1.165, 1.54) is 0 Å². The van der Waals surface area contributed by atoms with Crippen molar-refractivity contribution in [1.29, 1.82) is 0 Å². The van der Waals surface area contributed by atoms with Crippen molar-refractivity contribution in [2.24, 2.45) is 0 Å². The predicted molar refractivity (Wildman–Crippen MR) is 82.5 cm³/mol. The number of nitrogens with two attached hydrogens (primary N) is 1. The molecule has 108 valence electrons. The van der Waals surface area contributed by atoms with Crippen LogP contribution in [0.4, 0.5) is 5.82 Å². The van der Waals surface area contributed by atoms with Crippen molar-refractivity contribution in [1.82, 2.24) is 15.2 Å². The first kappa shape index (κ1) is 16.2. The summed E-state index contributed by atoms with van der Waals surface area (Å²) in [6.07, 6.45) is 3.60. The van der Waals surface area contributed by atoms with Crippen LogP contribution < -0.4 is 11.1 Å². The maximum absolute atomic E-state index is 6.07. The number of nitrogen functional groups attached to an aromatic ring is 1. The lowest BCUT2D eigenvalue weighted by Gasteiger charge is -2.45. The van der Waals surface area contributed by atoms with E-state index in [1.54, 1.807) is 6.20 Å². The summed E-state index contributed by atoms with van der Waals surface area (Å²) in [6, 6.07) is 2.00. The molecule has 3 N–H and O–H groups in total. The van der Waals surface area contributed by atoms with Crippen LogP contribution in [0, 0.1) is 0 Å². The van der Waals surface area contributed by atoms with Crippen molar-refractivity contribution >= 4 is 17.4 Å². The summed E-state index contributed by atoms with van der Waals surface area (Å²) >= 11 is 6.07. The predicted octanol–water partition coefficient (Wildman–Crippen LogP) is 2.70. The Bertz CT molecular complexity index is 416. The van der Waals surface area contributed by atoms with Gasteiger partial charge in [0, 0.05) is 17.3 Å². The van der Waals surface area contributed by atoms with Crippen molar-refractivity contribution < 1.29 is 0 Å². The molecule has 19 heavy (non-hydrogen) atoms. The number of anilines is 1. The first-order chi connectivity index (χ1) is 8.92. The van der Waals surface area contributed by atoms with Crippen LogP contribution in [0.1, 0.15) is 38.3 Å². The van der Waals surface area contributed by atoms with E-state index in [-0.39, 0.29) is 11.6 Å². The highest BCUT2D eigenvalue weighted by Crippen LogP contribution is 2.38. The Balaban J connectivity index is 3.35. The maximum atomic E-state index is 6.07. The molecular formula is C14H25ClN4. The quantitative estimate of drug-likeness (QED) is 0.843. The second kappa shape index (κ2) is 6.55. The zero-order chi connectivity index (χ0) is 14.6. The van der Waals surface area contributed by atoms with Gasteiger partial charge >= 0.3 is 0 Å².